The fourth-order valence-corrected chi connectivity index (χ4v) is 4.27. The highest BCUT2D eigenvalue weighted by atomic mass is 32.1. The zero-order chi connectivity index (χ0) is 16.6. The van der Waals surface area contributed by atoms with E-state index in [4.69, 9.17) is 0 Å². The number of rotatable bonds is 5. The zero-order valence-electron chi connectivity index (χ0n) is 14.2. The van der Waals surface area contributed by atoms with Gasteiger partial charge in [-0.1, -0.05) is 6.42 Å². The standard InChI is InChI=1S/C18H22N6S/c1-2-7-23(8-3-1)12-14-10-16(25-22-14)21-17-18-20-11-15(13-4-5-13)24(18)9-6-19-17/h6,9-11,13H,1-5,7-8,12H2,(H,19,21). The van der Waals surface area contributed by atoms with Gasteiger partial charge >= 0.3 is 0 Å². The molecule has 0 amide bonds. The van der Waals surface area contributed by atoms with Gasteiger partial charge in [-0.25, -0.2) is 9.97 Å². The summed E-state index contributed by atoms with van der Waals surface area (Å²) in [5.74, 6) is 1.48. The Balaban J connectivity index is 1.34. The lowest BCUT2D eigenvalue weighted by molar-refractivity contribution is 0.219. The number of aromatic nitrogens is 4. The van der Waals surface area contributed by atoms with Crippen LogP contribution in [-0.2, 0) is 6.54 Å². The van der Waals surface area contributed by atoms with Crippen molar-refractivity contribution in [3.63, 3.8) is 0 Å². The van der Waals surface area contributed by atoms with Crippen LogP contribution in [0.2, 0.25) is 0 Å². The van der Waals surface area contributed by atoms with Gasteiger partial charge in [0.15, 0.2) is 11.5 Å². The molecule has 3 aromatic rings. The van der Waals surface area contributed by atoms with E-state index in [0.717, 1.165) is 28.7 Å². The molecule has 1 N–H and O–H groups in total. The Kier molecular flexibility index (Phi) is 3.90. The van der Waals surface area contributed by atoms with E-state index in [1.54, 1.807) is 0 Å². The Morgan fingerprint density at radius 1 is 1.16 bits per heavy atom. The van der Waals surface area contributed by atoms with Gasteiger partial charge in [0.2, 0.25) is 0 Å². The van der Waals surface area contributed by atoms with Crippen LogP contribution in [0.5, 0.6) is 0 Å². The van der Waals surface area contributed by atoms with E-state index < -0.39 is 0 Å². The summed E-state index contributed by atoms with van der Waals surface area (Å²) in [7, 11) is 0. The first kappa shape index (κ1) is 15.3. The van der Waals surface area contributed by atoms with Crippen molar-refractivity contribution in [2.45, 2.75) is 44.6 Å². The molecule has 4 heterocycles. The molecule has 130 valence electrons. The second-order valence-electron chi connectivity index (χ2n) is 7.07. The summed E-state index contributed by atoms with van der Waals surface area (Å²) in [5.41, 5.74) is 3.34. The minimum atomic E-state index is 0.671. The molecule has 0 aromatic carbocycles. The number of imidazole rings is 1. The van der Waals surface area contributed by atoms with E-state index in [1.807, 2.05) is 18.6 Å². The number of hydrogen-bond donors (Lipinski definition) is 1. The average Bonchev–Trinajstić information content (AvgIpc) is 3.24. The molecular weight excluding hydrogens is 332 g/mol. The highest BCUT2D eigenvalue weighted by molar-refractivity contribution is 7.10. The van der Waals surface area contributed by atoms with Crippen molar-refractivity contribution in [3.8, 4) is 0 Å². The van der Waals surface area contributed by atoms with E-state index in [0.29, 0.717) is 5.92 Å². The van der Waals surface area contributed by atoms with Crippen molar-refractivity contribution in [1.82, 2.24) is 23.6 Å². The van der Waals surface area contributed by atoms with Gasteiger partial charge in [0.05, 0.1) is 5.69 Å². The Morgan fingerprint density at radius 2 is 2.04 bits per heavy atom. The summed E-state index contributed by atoms with van der Waals surface area (Å²) in [6.07, 6.45) is 12.4. The fraction of sp³-hybridized carbons (Fsp3) is 0.500. The van der Waals surface area contributed by atoms with Crippen LogP contribution < -0.4 is 5.32 Å². The highest BCUT2D eigenvalue weighted by Crippen LogP contribution is 2.40. The average molecular weight is 354 g/mol. The monoisotopic (exact) mass is 354 g/mol. The second-order valence-corrected chi connectivity index (χ2v) is 7.88. The van der Waals surface area contributed by atoms with E-state index in [9.17, 15) is 0 Å². The molecule has 2 aliphatic rings. The van der Waals surface area contributed by atoms with Crippen LogP contribution in [0.4, 0.5) is 10.8 Å². The minimum absolute atomic E-state index is 0.671. The largest absolute Gasteiger partial charge is 0.328 e. The third-order valence-electron chi connectivity index (χ3n) is 5.09. The summed E-state index contributed by atoms with van der Waals surface area (Å²) >= 11 is 1.50. The van der Waals surface area contributed by atoms with Crippen molar-refractivity contribution in [3.05, 3.63) is 36.0 Å². The number of piperidine rings is 1. The molecular formula is C18H22N6S. The normalized spacial score (nSPS) is 18.7. The maximum absolute atomic E-state index is 4.61. The molecule has 0 unspecified atom stereocenters. The van der Waals surface area contributed by atoms with E-state index in [1.165, 1.54) is 62.4 Å². The molecule has 25 heavy (non-hydrogen) atoms. The van der Waals surface area contributed by atoms with Gasteiger partial charge in [0.25, 0.3) is 0 Å². The summed E-state index contributed by atoms with van der Waals surface area (Å²) in [6, 6.07) is 2.15. The Hall–Kier alpha value is -1.99. The SMILES string of the molecule is c1cn2c(C3CC3)cnc2c(Nc2cc(CN3CCCCC3)ns2)n1. The van der Waals surface area contributed by atoms with E-state index >= 15 is 0 Å². The molecule has 7 heteroatoms. The van der Waals surface area contributed by atoms with Crippen LogP contribution in [0.3, 0.4) is 0 Å². The van der Waals surface area contributed by atoms with E-state index in [-0.39, 0.29) is 0 Å². The van der Waals surface area contributed by atoms with Crippen LogP contribution in [0.25, 0.3) is 5.65 Å². The van der Waals surface area contributed by atoms with Gasteiger partial charge in [-0.15, -0.1) is 0 Å². The highest BCUT2D eigenvalue weighted by Gasteiger charge is 2.27. The lowest BCUT2D eigenvalue weighted by Gasteiger charge is -2.25. The quantitative estimate of drug-likeness (QED) is 0.755. The summed E-state index contributed by atoms with van der Waals surface area (Å²) in [6.45, 7) is 3.34. The lowest BCUT2D eigenvalue weighted by atomic mass is 10.1. The van der Waals surface area contributed by atoms with Gasteiger partial charge in [0.1, 0.15) is 5.00 Å². The molecule has 6 nitrogen and oxygen atoms in total. The number of fused-ring (bicyclic) bond motifs is 1. The van der Waals surface area contributed by atoms with Crippen LogP contribution in [0.15, 0.2) is 24.7 Å². The molecule has 0 radical (unpaired) electrons. The molecule has 2 fully saturated rings. The van der Waals surface area contributed by atoms with Gasteiger partial charge in [-0.3, -0.25) is 9.30 Å². The maximum Gasteiger partial charge on any atom is 0.180 e. The first-order valence-corrected chi connectivity index (χ1v) is 9.91. The minimum Gasteiger partial charge on any atom is -0.328 e. The smallest absolute Gasteiger partial charge is 0.180 e. The summed E-state index contributed by atoms with van der Waals surface area (Å²) in [5, 5.41) is 4.45. The number of likely N-dealkylation sites (tertiary alicyclic amines) is 1. The zero-order valence-corrected chi connectivity index (χ0v) is 15.0. The fourth-order valence-electron chi connectivity index (χ4n) is 3.62. The van der Waals surface area contributed by atoms with Gasteiger partial charge < -0.3 is 5.32 Å². The van der Waals surface area contributed by atoms with Crippen LogP contribution in [-0.4, -0.2) is 36.7 Å². The number of nitrogens with one attached hydrogen (secondary N) is 1. The molecule has 1 saturated heterocycles. The van der Waals surface area contributed by atoms with Crippen molar-refractivity contribution in [2.24, 2.45) is 0 Å². The summed E-state index contributed by atoms with van der Waals surface area (Å²) in [4.78, 5) is 11.6. The van der Waals surface area contributed by atoms with Crippen LogP contribution in [0, 0.1) is 0 Å². The van der Waals surface area contributed by atoms with Gasteiger partial charge in [-0.05, 0) is 56.4 Å². The van der Waals surface area contributed by atoms with E-state index in [2.05, 4.69) is 35.0 Å². The molecule has 1 aliphatic heterocycles. The maximum atomic E-state index is 4.61. The molecule has 5 rings (SSSR count). The van der Waals surface area contributed by atoms with Crippen LogP contribution >= 0.6 is 11.5 Å². The molecule has 1 aliphatic carbocycles. The first-order valence-electron chi connectivity index (χ1n) is 9.14. The third kappa shape index (κ3) is 3.14. The predicted molar refractivity (Wildman–Crippen MR) is 99.5 cm³/mol. The predicted octanol–water partition coefficient (Wildman–Crippen LogP) is 3.79. The Morgan fingerprint density at radius 3 is 2.88 bits per heavy atom. The Bertz CT molecular complexity index is 875. The second kappa shape index (κ2) is 6.38. The van der Waals surface area contributed by atoms with Crippen molar-refractivity contribution < 1.29 is 0 Å². The van der Waals surface area contributed by atoms with Gasteiger partial charge in [-0.2, -0.15) is 4.37 Å². The number of hydrogen-bond acceptors (Lipinski definition) is 6. The molecule has 3 aromatic heterocycles. The molecule has 0 spiro atoms. The molecule has 0 bridgehead atoms. The topological polar surface area (TPSA) is 58.4 Å². The molecule has 1 saturated carbocycles. The van der Waals surface area contributed by atoms with Crippen molar-refractivity contribution in [2.75, 3.05) is 18.4 Å². The van der Waals surface area contributed by atoms with Crippen molar-refractivity contribution >= 4 is 28.0 Å². The molecule has 0 atom stereocenters. The lowest BCUT2D eigenvalue weighted by Crippen LogP contribution is -2.29. The first-order chi connectivity index (χ1) is 12.4. The summed E-state index contributed by atoms with van der Waals surface area (Å²) < 4.78 is 6.78. The van der Waals surface area contributed by atoms with Crippen molar-refractivity contribution in [1.29, 1.82) is 0 Å². The van der Waals surface area contributed by atoms with Gasteiger partial charge in [0, 0.05) is 36.7 Å². The number of nitrogens with zero attached hydrogens (tertiary/aromatic N) is 5. The van der Waals surface area contributed by atoms with Crippen LogP contribution in [0.1, 0.15) is 49.4 Å². The Labute approximate surface area is 151 Å². The number of anilines is 2. The third-order valence-corrected chi connectivity index (χ3v) is 5.83.